The summed E-state index contributed by atoms with van der Waals surface area (Å²) < 4.78 is 97.1. The first-order valence-electron chi connectivity index (χ1n) is 18.7. The molecule has 0 atom stereocenters. The van der Waals surface area contributed by atoms with Gasteiger partial charge in [-0.3, -0.25) is 0 Å². The van der Waals surface area contributed by atoms with Crippen LogP contribution >= 0.6 is 0 Å². The standard InChI is InChI=1S/C39H25N3/c1-3-11-26(12-4-1)27-19-21-30(22-20-27)38-40-37(29-14-5-2-6-15-29)41-39(42-38)36-33-18-10-8-16-31(33)25-35-32-17-9-7-13-28(32)23-24-34(35)36/h1-25H/i7D,8D,9D,10D,13D,16D,17D,18D,23D,24D,25D. The van der Waals surface area contributed by atoms with Crippen molar-refractivity contribution in [3.05, 3.63) is 151 Å². The largest absolute Gasteiger partial charge is 0.208 e. The number of hydrogen-bond acceptors (Lipinski definition) is 3. The zero-order chi connectivity index (χ0) is 37.5. The van der Waals surface area contributed by atoms with Crippen LogP contribution in [0.15, 0.2) is 151 Å². The molecule has 1 aromatic heterocycles. The average Bonchev–Trinajstić information content (AvgIpc) is 3.19. The minimum Gasteiger partial charge on any atom is -0.208 e. The summed E-state index contributed by atoms with van der Waals surface area (Å²) in [6, 6.07) is 20.1. The lowest BCUT2D eigenvalue weighted by Gasteiger charge is -2.14. The van der Waals surface area contributed by atoms with Gasteiger partial charge in [-0.2, -0.15) is 0 Å². The Hall–Kier alpha value is -5.67. The third kappa shape index (κ3) is 4.20. The maximum absolute atomic E-state index is 9.38. The molecular formula is C39H25N3. The molecule has 0 bridgehead atoms. The normalized spacial score (nSPS) is 15.0. The molecule has 0 amide bonds. The topological polar surface area (TPSA) is 38.7 Å². The van der Waals surface area contributed by atoms with Crippen molar-refractivity contribution in [3.8, 4) is 45.3 Å². The smallest absolute Gasteiger partial charge is 0.165 e. The van der Waals surface area contributed by atoms with E-state index >= 15 is 0 Å². The molecule has 0 aliphatic heterocycles. The highest BCUT2D eigenvalue weighted by molar-refractivity contribution is 6.19. The third-order valence-corrected chi connectivity index (χ3v) is 7.08. The predicted molar refractivity (Wildman–Crippen MR) is 174 cm³/mol. The van der Waals surface area contributed by atoms with E-state index in [0.29, 0.717) is 11.1 Å². The fourth-order valence-electron chi connectivity index (χ4n) is 5.06. The quantitative estimate of drug-likeness (QED) is 0.163. The molecule has 0 aliphatic rings. The van der Waals surface area contributed by atoms with Crippen LogP contribution in [-0.2, 0) is 0 Å². The summed E-state index contributed by atoms with van der Waals surface area (Å²) >= 11 is 0. The van der Waals surface area contributed by atoms with Gasteiger partial charge >= 0.3 is 0 Å². The number of rotatable bonds is 4. The van der Waals surface area contributed by atoms with Crippen LogP contribution in [0, 0.1) is 0 Å². The van der Waals surface area contributed by atoms with E-state index in [-0.39, 0.29) is 55.4 Å². The van der Waals surface area contributed by atoms with Gasteiger partial charge in [-0.15, -0.1) is 0 Å². The van der Waals surface area contributed by atoms with Crippen LogP contribution in [0.1, 0.15) is 15.1 Å². The number of fused-ring (bicyclic) bond motifs is 4. The minimum atomic E-state index is -0.621. The van der Waals surface area contributed by atoms with E-state index in [9.17, 15) is 2.74 Å². The summed E-state index contributed by atoms with van der Waals surface area (Å²) in [4.78, 5) is 14.4. The van der Waals surface area contributed by atoms with Gasteiger partial charge in [0.05, 0.1) is 15.1 Å². The van der Waals surface area contributed by atoms with Gasteiger partial charge in [0.1, 0.15) is 0 Å². The molecule has 1 heterocycles. The van der Waals surface area contributed by atoms with Crippen molar-refractivity contribution in [2.75, 3.05) is 0 Å². The van der Waals surface area contributed by atoms with E-state index in [1.54, 1.807) is 24.3 Å². The Balaban J connectivity index is 1.57. The molecule has 7 aromatic carbocycles. The van der Waals surface area contributed by atoms with Gasteiger partial charge in [0.15, 0.2) is 17.5 Å². The Morgan fingerprint density at radius 2 is 0.905 bits per heavy atom. The van der Waals surface area contributed by atoms with Crippen LogP contribution in [0.3, 0.4) is 0 Å². The fraction of sp³-hybridized carbons (Fsp3) is 0. The van der Waals surface area contributed by atoms with Crippen LogP contribution in [0.25, 0.3) is 77.6 Å². The first-order valence-corrected chi connectivity index (χ1v) is 13.2. The third-order valence-electron chi connectivity index (χ3n) is 7.08. The van der Waals surface area contributed by atoms with Crippen molar-refractivity contribution in [1.82, 2.24) is 15.0 Å². The lowest BCUT2D eigenvalue weighted by Crippen LogP contribution is -2.01. The molecular weight excluding hydrogens is 510 g/mol. The van der Waals surface area contributed by atoms with Crippen LogP contribution in [0.4, 0.5) is 0 Å². The number of aromatic nitrogens is 3. The molecule has 3 nitrogen and oxygen atoms in total. The van der Waals surface area contributed by atoms with E-state index in [1.807, 2.05) is 60.7 Å². The lowest BCUT2D eigenvalue weighted by molar-refractivity contribution is 1.08. The number of nitrogens with zero attached hydrogens (tertiary/aromatic N) is 3. The summed E-state index contributed by atoms with van der Waals surface area (Å²) in [5.41, 5.74) is 3.04. The van der Waals surface area contributed by atoms with Gasteiger partial charge in [-0.1, -0.05) is 145 Å². The molecule has 0 saturated heterocycles. The van der Waals surface area contributed by atoms with E-state index < -0.39 is 66.5 Å². The maximum Gasteiger partial charge on any atom is 0.165 e. The molecule has 0 fully saturated rings. The average molecular weight is 547 g/mol. The number of hydrogen-bond donors (Lipinski definition) is 0. The zero-order valence-electron chi connectivity index (χ0n) is 32.9. The first-order chi connectivity index (χ1) is 25.4. The van der Waals surface area contributed by atoms with E-state index in [0.717, 1.165) is 11.1 Å². The molecule has 196 valence electrons. The lowest BCUT2D eigenvalue weighted by atomic mass is 9.93. The van der Waals surface area contributed by atoms with Gasteiger partial charge in [0, 0.05) is 16.7 Å². The van der Waals surface area contributed by atoms with Gasteiger partial charge in [-0.25, -0.2) is 15.0 Å². The monoisotopic (exact) mass is 546 g/mol. The second kappa shape index (κ2) is 10.1. The van der Waals surface area contributed by atoms with Crippen molar-refractivity contribution < 1.29 is 15.1 Å². The second-order valence-electron chi connectivity index (χ2n) is 9.62. The summed E-state index contributed by atoms with van der Waals surface area (Å²) in [5, 5.41) is -1.27. The highest BCUT2D eigenvalue weighted by Crippen LogP contribution is 2.39. The van der Waals surface area contributed by atoms with Crippen molar-refractivity contribution in [1.29, 1.82) is 0 Å². The summed E-state index contributed by atoms with van der Waals surface area (Å²) in [6.07, 6.45) is 0. The Morgan fingerprint density at radius 3 is 1.62 bits per heavy atom. The molecule has 0 spiro atoms. The summed E-state index contributed by atoms with van der Waals surface area (Å²) in [7, 11) is 0. The van der Waals surface area contributed by atoms with Crippen molar-refractivity contribution in [2.24, 2.45) is 0 Å². The number of benzene rings is 7. The van der Waals surface area contributed by atoms with Gasteiger partial charge in [-0.05, 0) is 49.5 Å². The predicted octanol–water partition coefficient (Wildman–Crippen LogP) is 10.00. The first kappa shape index (κ1) is 15.4. The van der Waals surface area contributed by atoms with Crippen LogP contribution in [0.2, 0.25) is 0 Å². The molecule has 42 heavy (non-hydrogen) atoms. The SMILES string of the molecule is [2H]c1c([2H])c([2H])c2c([2H])c3c(c([2H])c([2H])c4c([2H])c([2H])c([2H])c([2H])c43)c(-c3nc(-c4ccccc4)nc(-c4ccc(-c5ccccc5)cc4)n3)c2c1[2H]. The van der Waals surface area contributed by atoms with Gasteiger partial charge < -0.3 is 0 Å². The Morgan fingerprint density at radius 1 is 0.381 bits per heavy atom. The highest BCUT2D eigenvalue weighted by atomic mass is 15.0. The van der Waals surface area contributed by atoms with E-state index in [2.05, 4.69) is 0 Å². The summed E-state index contributed by atoms with van der Waals surface area (Å²) in [6.45, 7) is 0. The van der Waals surface area contributed by atoms with Crippen LogP contribution in [0.5, 0.6) is 0 Å². The molecule has 3 heteroatoms. The molecule has 0 N–H and O–H groups in total. The second-order valence-corrected chi connectivity index (χ2v) is 9.62. The minimum absolute atomic E-state index is 0.0902. The van der Waals surface area contributed by atoms with Crippen LogP contribution in [-0.4, -0.2) is 15.0 Å². The summed E-state index contributed by atoms with van der Waals surface area (Å²) in [5.74, 6) is 0.287. The highest BCUT2D eigenvalue weighted by Gasteiger charge is 2.18. The van der Waals surface area contributed by atoms with Crippen molar-refractivity contribution >= 4 is 32.3 Å². The molecule has 0 saturated carbocycles. The Kier molecular flexibility index (Phi) is 3.68. The van der Waals surface area contributed by atoms with E-state index in [4.69, 9.17) is 27.3 Å². The molecule has 8 rings (SSSR count). The zero-order valence-corrected chi connectivity index (χ0v) is 21.9. The Bertz CT molecular complexity index is 2830. The fourth-order valence-corrected chi connectivity index (χ4v) is 5.06. The van der Waals surface area contributed by atoms with Gasteiger partial charge in [0.2, 0.25) is 0 Å². The maximum atomic E-state index is 9.38. The van der Waals surface area contributed by atoms with E-state index in [1.165, 1.54) is 0 Å². The Labute approximate surface area is 259 Å². The molecule has 8 aromatic rings. The molecule has 0 radical (unpaired) electrons. The van der Waals surface area contributed by atoms with Crippen molar-refractivity contribution in [3.63, 3.8) is 0 Å². The molecule has 0 aliphatic carbocycles. The van der Waals surface area contributed by atoms with Crippen molar-refractivity contribution in [2.45, 2.75) is 0 Å². The molecule has 0 unspecified atom stereocenters. The van der Waals surface area contributed by atoms with Gasteiger partial charge in [0.25, 0.3) is 0 Å². The van der Waals surface area contributed by atoms with Crippen LogP contribution < -0.4 is 0 Å².